The molecule has 0 spiro atoms. The lowest BCUT2D eigenvalue weighted by Crippen LogP contribution is -2.14. The third-order valence-corrected chi connectivity index (χ3v) is 5.20. The van der Waals surface area contributed by atoms with E-state index in [1.165, 1.54) is 6.07 Å². The standard InChI is InChI=1S/C11H12ClN3O2S2/c1-3-10-13-11(18-14-10)15-19(16,17)9-6-4-5-8(12)7(9)2/h4-6H,3H2,1-2H3,(H,13,14,15). The molecular weight excluding hydrogens is 306 g/mol. The highest BCUT2D eigenvalue weighted by Crippen LogP contribution is 2.25. The van der Waals surface area contributed by atoms with Gasteiger partial charge in [0.05, 0.1) is 4.90 Å². The molecule has 1 aromatic heterocycles. The molecule has 19 heavy (non-hydrogen) atoms. The largest absolute Gasteiger partial charge is 0.264 e. The highest BCUT2D eigenvalue weighted by atomic mass is 35.5. The molecule has 0 saturated heterocycles. The molecule has 2 rings (SSSR count). The lowest BCUT2D eigenvalue weighted by molar-refractivity contribution is 0.600. The molecule has 1 N–H and O–H groups in total. The number of sulfonamides is 1. The Morgan fingerprint density at radius 2 is 2.16 bits per heavy atom. The fraction of sp³-hybridized carbons (Fsp3) is 0.273. The minimum absolute atomic E-state index is 0.147. The minimum atomic E-state index is -3.69. The zero-order chi connectivity index (χ0) is 14.0. The van der Waals surface area contributed by atoms with Gasteiger partial charge in [0.2, 0.25) is 5.13 Å². The highest BCUT2D eigenvalue weighted by Gasteiger charge is 2.19. The fourth-order valence-electron chi connectivity index (χ4n) is 1.49. The monoisotopic (exact) mass is 317 g/mol. The Morgan fingerprint density at radius 1 is 1.42 bits per heavy atom. The topological polar surface area (TPSA) is 72.0 Å². The Hall–Kier alpha value is -1.18. The van der Waals surface area contributed by atoms with E-state index in [4.69, 9.17) is 11.6 Å². The predicted molar refractivity (Wildman–Crippen MR) is 76.3 cm³/mol. The first kappa shape index (κ1) is 14.2. The molecule has 0 aliphatic heterocycles. The van der Waals surface area contributed by atoms with Crippen LogP contribution in [0.1, 0.15) is 18.3 Å². The van der Waals surface area contributed by atoms with Crippen molar-refractivity contribution in [2.45, 2.75) is 25.2 Å². The quantitative estimate of drug-likeness (QED) is 0.941. The fourth-order valence-corrected chi connectivity index (χ4v) is 3.86. The van der Waals surface area contributed by atoms with Crippen LogP contribution in [0.3, 0.4) is 0 Å². The van der Waals surface area contributed by atoms with Crippen LogP contribution in [0.2, 0.25) is 5.02 Å². The molecule has 0 amide bonds. The van der Waals surface area contributed by atoms with Gasteiger partial charge in [-0.1, -0.05) is 24.6 Å². The molecule has 102 valence electrons. The number of benzene rings is 1. The number of rotatable bonds is 4. The van der Waals surface area contributed by atoms with Crippen LogP contribution in [0.5, 0.6) is 0 Å². The number of hydrogen-bond acceptors (Lipinski definition) is 5. The summed E-state index contributed by atoms with van der Waals surface area (Å²) >= 11 is 6.95. The number of nitrogens with one attached hydrogen (secondary N) is 1. The zero-order valence-electron chi connectivity index (χ0n) is 10.3. The van der Waals surface area contributed by atoms with Gasteiger partial charge in [0.1, 0.15) is 5.82 Å². The molecule has 1 aromatic carbocycles. The summed E-state index contributed by atoms with van der Waals surface area (Å²) in [6.45, 7) is 3.57. The lowest BCUT2D eigenvalue weighted by Gasteiger charge is -2.08. The molecule has 2 aromatic rings. The normalized spacial score (nSPS) is 11.5. The van der Waals surface area contributed by atoms with Gasteiger partial charge in [-0.05, 0) is 24.6 Å². The van der Waals surface area contributed by atoms with Crippen molar-refractivity contribution in [2.24, 2.45) is 0 Å². The summed E-state index contributed by atoms with van der Waals surface area (Å²) in [6.07, 6.45) is 0.661. The van der Waals surface area contributed by atoms with Gasteiger partial charge in [-0.15, -0.1) is 0 Å². The van der Waals surface area contributed by atoms with Crippen LogP contribution in [-0.2, 0) is 16.4 Å². The van der Waals surface area contributed by atoms with Crippen LogP contribution in [0.15, 0.2) is 23.1 Å². The molecule has 0 radical (unpaired) electrons. The van der Waals surface area contributed by atoms with Crippen molar-refractivity contribution in [3.8, 4) is 0 Å². The van der Waals surface area contributed by atoms with E-state index in [9.17, 15) is 8.42 Å². The van der Waals surface area contributed by atoms with Gasteiger partial charge in [-0.2, -0.15) is 4.37 Å². The van der Waals surface area contributed by atoms with Gasteiger partial charge < -0.3 is 0 Å². The molecule has 0 atom stereocenters. The van der Waals surface area contributed by atoms with E-state index in [0.717, 1.165) is 11.5 Å². The van der Waals surface area contributed by atoms with E-state index in [-0.39, 0.29) is 10.0 Å². The summed E-state index contributed by atoms with van der Waals surface area (Å²) in [5.74, 6) is 0.616. The maximum Gasteiger partial charge on any atom is 0.264 e. The second-order valence-corrected chi connectivity index (χ2v) is 6.65. The summed E-state index contributed by atoms with van der Waals surface area (Å²) < 4.78 is 30.9. The van der Waals surface area contributed by atoms with Gasteiger partial charge in [0.25, 0.3) is 10.0 Å². The highest BCUT2D eigenvalue weighted by molar-refractivity contribution is 7.93. The first-order valence-corrected chi connectivity index (χ1v) is 8.18. The lowest BCUT2D eigenvalue weighted by atomic mass is 10.2. The van der Waals surface area contributed by atoms with Crippen LogP contribution in [0, 0.1) is 6.92 Å². The molecular formula is C11H12ClN3O2S2. The first-order valence-electron chi connectivity index (χ1n) is 5.54. The van der Waals surface area contributed by atoms with Gasteiger partial charge in [0.15, 0.2) is 0 Å². The van der Waals surface area contributed by atoms with Crippen molar-refractivity contribution in [3.63, 3.8) is 0 Å². The molecule has 0 aliphatic carbocycles. The van der Waals surface area contributed by atoms with E-state index >= 15 is 0 Å². The smallest absolute Gasteiger partial charge is 0.253 e. The number of anilines is 1. The van der Waals surface area contributed by atoms with Crippen molar-refractivity contribution in [1.82, 2.24) is 9.36 Å². The molecule has 8 heteroatoms. The predicted octanol–water partition coefficient (Wildman–Crippen LogP) is 2.86. The average molecular weight is 318 g/mol. The summed E-state index contributed by atoms with van der Waals surface area (Å²) in [7, 11) is -3.69. The number of hydrogen-bond donors (Lipinski definition) is 1. The maximum absolute atomic E-state index is 12.2. The molecule has 0 aliphatic rings. The number of nitrogens with zero attached hydrogens (tertiary/aromatic N) is 2. The van der Waals surface area contributed by atoms with Gasteiger partial charge >= 0.3 is 0 Å². The summed E-state index contributed by atoms with van der Waals surface area (Å²) in [5.41, 5.74) is 0.511. The Balaban J connectivity index is 2.35. The Kier molecular flexibility index (Phi) is 4.07. The molecule has 0 fully saturated rings. The number of aromatic nitrogens is 2. The SMILES string of the molecule is CCc1nsc(NS(=O)(=O)c2cccc(Cl)c2C)n1. The third-order valence-electron chi connectivity index (χ3n) is 2.51. The van der Waals surface area contributed by atoms with Gasteiger partial charge in [-0.3, -0.25) is 4.72 Å². The van der Waals surface area contributed by atoms with Crippen molar-refractivity contribution in [2.75, 3.05) is 4.72 Å². The van der Waals surface area contributed by atoms with E-state index in [1.54, 1.807) is 19.1 Å². The van der Waals surface area contributed by atoms with Crippen LogP contribution >= 0.6 is 23.1 Å². The van der Waals surface area contributed by atoms with E-state index < -0.39 is 10.0 Å². The first-order chi connectivity index (χ1) is 8.94. The van der Waals surface area contributed by atoms with E-state index in [2.05, 4.69) is 14.1 Å². The summed E-state index contributed by atoms with van der Waals surface area (Å²) in [6, 6.07) is 4.75. The Labute approximate surface area is 120 Å². The zero-order valence-corrected chi connectivity index (χ0v) is 12.7. The van der Waals surface area contributed by atoms with E-state index in [1.807, 2.05) is 6.92 Å². The molecule has 0 saturated carbocycles. The maximum atomic E-state index is 12.2. The molecule has 5 nitrogen and oxygen atoms in total. The van der Waals surface area contributed by atoms with Crippen LogP contribution in [0.4, 0.5) is 5.13 Å². The van der Waals surface area contributed by atoms with Crippen LogP contribution in [-0.4, -0.2) is 17.8 Å². The average Bonchev–Trinajstić information content (AvgIpc) is 2.79. The third kappa shape index (κ3) is 3.05. The van der Waals surface area contributed by atoms with E-state index in [0.29, 0.717) is 22.8 Å². The number of aryl methyl sites for hydroxylation is 1. The Morgan fingerprint density at radius 3 is 2.79 bits per heavy atom. The second kappa shape index (κ2) is 5.44. The Bertz CT molecular complexity index is 698. The second-order valence-electron chi connectivity index (χ2n) is 3.84. The van der Waals surface area contributed by atoms with Gasteiger partial charge in [0, 0.05) is 23.0 Å². The number of halogens is 1. The molecule has 0 bridgehead atoms. The van der Waals surface area contributed by atoms with Gasteiger partial charge in [-0.25, -0.2) is 13.4 Å². The van der Waals surface area contributed by atoms with Crippen LogP contribution in [0.25, 0.3) is 0 Å². The van der Waals surface area contributed by atoms with Crippen molar-refractivity contribution in [1.29, 1.82) is 0 Å². The van der Waals surface area contributed by atoms with Crippen molar-refractivity contribution < 1.29 is 8.42 Å². The molecule has 0 unspecified atom stereocenters. The molecule has 1 heterocycles. The van der Waals surface area contributed by atoms with Crippen molar-refractivity contribution in [3.05, 3.63) is 34.6 Å². The summed E-state index contributed by atoms with van der Waals surface area (Å²) in [5, 5.41) is 0.672. The van der Waals surface area contributed by atoms with Crippen LogP contribution < -0.4 is 4.72 Å². The minimum Gasteiger partial charge on any atom is -0.253 e. The van der Waals surface area contributed by atoms with Crippen molar-refractivity contribution >= 4 is 38.3 Å². The summed E-state index contributed by atoms with van der Waals surface area (Å²) in [4.78, 5) is 4.22.